The monoisotopic (exact) mass is 498 g/mol. The van der Waals surface area contributed by atoms with E-state index in [9.17, 15) is 0 Å². The van der Waals surface area contributed by atoms with Gasteiger partial charge in [0.05, 0.1) is 27.9 Å². The zero-order chi connectivity index (χ0) is 25.8. The van der Waals surface area contributed by atoms with Crippen LogP contribution in [0, 0.1) is 0 Å². The van der Waals surface area contributed by atoms with E-state index in [0.29, 0.717) is 0 Å². The van der Waals surface area contributed by atoms with E-state index in [2.05, 4.69) is 114 Å². The molecule has 0 amide bonds. The van der Waals surface area contributed by atoms with Gasteiger partial charge < -0.3 is 0 Å². The van der Waals surface area contributed by atoms with Crippen molar-refractivity contribution in [1.82, 2.24) is 19.5 Å². The lowest BCUT2D eigenvalue weighted by Crippen LogP contribution is -1.98. The van der Waals surface area contributed by atoms with E-state index in [1.807, 2.05) is 24.4 Å². The molecule has 8 rings (SSSR count). The Bertz CT molecular complexity index is 2140. The second-order valence-corrected chi connectivity index (χ2v) is 9.71. The number of fused-ring (bicyclic) bond motifs is 6. The van der Waals surface area contributed by atoms with Gasteiger partial charge in [-0.1, -0.05) is 84.9 Å². The zero-order valence-corrected chi connectivity index (χ0v) is 21.0. The van der Waals surface area contributed by atoms with Crippen LogP contribution in [0.2, 0.25) is 0 Å². The number of pyridine rings is 2. The van der Waals surface area contributed by atoms with Crippen molar-refractivity contribution in [2.75, 3.05) is 0 Å². The molecule has 0 aliphatic rings. The summed E-state index contributed by atoms with van der Waals surface area (Å²) in [5, 5.41) is 5.91. The van der Waals surface area contributed by atoms with Crippen LogP contribution in [0.3, 0.4) is 0 Å². The Balaban J connectivity index is 1.34. The van der Waals surface area contributed by atoms with Crippen molar-refractivity contribution in [3.8, 4) is 28.5 Å². The molecule has 3 heterocycles. The summed E-state index contributed by atoms with van der Waals surface area (Å²) in [6.45, 7) is 0. The van der Waals surface area contributed by atoms with E-state index >= 15 is 0 Å². The summed E-state index contributed by atoms with van der Waals surface area (Å²) in [5.74, 6) is 0.865. The number of para-hydroxylation sites is 4. The highest BCUT2D eigenvalue weighted by molar-refractivity contribution is 6.22. The van der Waals surface area contributed by atoms with Crippen molar-refractivity contribution in [3.63, 3.8) is 0 Å². The fourth-order valence-corrected chi connectivity index (χ4v) is 5.64. The average Bonchev–Trinajstić information content (AvgIpc) is 3.40. The maximum atomic E-state index is 5.10. The number of rotatable bonds is 3. The number of benzene rings is 5. The molecule has 0 aliphatic heterocycles. The first kappa shape index (κ1) is 21.7. The molecule has 182 valence electrons. The molecule has 0 saturated carbocycles. The van der Waals surface area contributed by atoms with Crippen molar-refractivity contribution >= 4 is 43.5 Å². The molecule has 0 saturated heterocycles. The Kier molecular flexibility index (Phi) is 4.79. The van der Waals surface area contributed by atoms with Gasteiger partial charge >= 0.3 is 0 Å². The number of hydrogen-bond donors (Lipinski definition) is 0. The molecule has 0 fully saturated rings. The number of nitrogens with zero attached hydrogens (tertiary/aromatic N) is 4. The first-order chi connectivity index (χ1) is 19.3. The summed E-state index contributed by atoms with van der Waals surface area (Å²) in [5.41, 5.74) is 6.73. The van der Waals surface area contributed by atoms with Gasteiger partial charge in [-0.25, -0.2) is 9.97 Å². The lowest BCUT2D eigenvalue weighted by molar-refractivity contribution is 1.10. The van der Waals surface area contributed by atoms with E-state index in [-0.39, 0.29) is 0 Å². The highest BCUT2D eigenvalue weighted by Gasteiger charge is 2.17. The van der Waals surface area contributed by atoms with Crippen molar-refractivity contribution in [2.24, 2.45) is 0 Å². The molecule has 0 spiro atoms. The summed E-state index contributed by atoms with van der Waals surface area (Å²) in [6, 6.07) is 44.0. The van der Waals surface area contributed by atoms with Gasteiger partial charge in [0.2, 0.25) is 0 Å². The van der Waals surface area contributed by atoms with Crippen molar-refractivity contribution in [1.29, 1.82) is 0 Å². The molecule has 3 aromatic heterocycles. The molecule has 39 heavy (non-hydrogen) atoms. The summed E-state index contributed by atoms with van der Waals surface area (Å²) in [6.07, 6.45) is 1.92. The van der Waals surface area contributed by atoms with Crippen LogP contribution in [0.15, 0.2) is 134 Å². The topological polar surface area (TPSA) is 43.6 Å². The number of aromatic nitrogens is 4. The van der Waals surface area contributed by atoms with Crippen LogP contribution in [0.4, 0.5) is 0 Å². The van der Waals surface area contributed by atoms with Crippen LogP contribution in [0.1, 0.15) is 0 Å². The van der Waals surface area contributed by atoms with Gasteiger partial charge in [-0.05, 0) is 53.2 Å². The van der Waals surface area contributed by atoms with Gasteiger partial charge in [-0.3, -0.25) is 9.55 Å². The Morgan fingerprint density at radius 1 is 0.513 bits per heavy atom. The van der Waals surface area contributed by atoms with Crippen molar-refractivity contribution in [2.45, 2.75) is 0 Å². The van der Waals surface area contributed by atoms with E-state index in [1.54, 1.807) is 0 Å². The fraction of sp³-hybridized carbons (Fsp3) is 0. The summed E-state index contributed by atoms with van der Waals surface area (Å²) in [4.78, 5) is 15.0. The summed E-state index contributed by atoms with van der Waals surface area (Å²) in [7, 11) is 0. The molecule has 0 radical (unpaired) electrons. The molecule has 0 bridgehead atoms. The van der Waals surface area contributed by atoms with Gasteiger partial charge in [-0.2, -0.15) is 0 Å². The normalized spacial score (nSPS) is 11.6. The summed E-state index contributed by atoms with van der Waals surface area (Å²) >= 11 is 0. The molecule has 5 aromatic carbocycles. The molecule has 4 nitrogen and oxygen atoms in total. The third-order valence-corrected chi connectivity index (χ3v) is 7.43. The van der Waals surface area contributed by atoms with Crippen molar-refractivity contribution < 1.29 is 0 Å². The molecule has 8 aromatic rings. The second kappa shape index (κ2) is 8.61. The largest absolute Gasteiger partial charge is 0.292 e. The quantitative estimate of drug-likeness (QED) is 0.229. The van der Waals surface area contributed by atoms with Gasteiger partial charge in [0.15, 0.2) is 0 Å². The van der Waals surface area contributed by atoms with Gasteiger partial charge in [0, 0.05) is 33.6 Å². The smallest absolute Gasteiger partial charge is 0.147 e. The third-order valence-electron chi connectivity index (χ3n) is 7.43. The van der Waals surface area contributed by atoms with Crippen LogP contribution < -0.4 is 0 Å². The third kappa shape index (κ3) is 3.42. The first-order valence-electron chi connectivity index (χ1n) is 13.0. The standard InChI is InChI=1S/C35H22N4/c1-2-11-25(12-3-1)39-32-17-9-8-16-30(32)38-35(39)24-19-21-31(36-22-24)34-28-20-18-23-10-4-5-13-26(23)33(28)27-14-6-7-15-29(27)37-34/h1-22H. The second-order valence-electron chi connectivity index (χ2n) is 9.71. The average molecular weight is 499 g/mol. The molecule has 0 aliphatic carbocycles. The highest BCUT2D eigenvalue weighted by atomic mass is 15.1. The lowest BCUT2D eigenvalue weighted by atomic mass is 9.96. The van der Waals surface area contributed by atoms with Crippen LogP contribution in [0.25, 0.3) is 71.9 Å². The predicted molar refractivity (Wildman–Crippen MR) is 160 cm³/mol. The Hall–Kier alpha value is -5.35. The minimum absolute atomic E-state index is 0.840. The van der Waals surface area contributed by atoms with Crippen LogP contribution in [0.5, 0.6) is 0 Å². The predicted octanol–water partition coefficient (Wildman–Crippen LogP) is 8.61. The summed E-state index contributed by atoms with van der Waals surface area (Å²) < 4.78 is 2.20. The molecular weight excluding hydrogens is 476 g/mol. The minimum atomic E-state index is 0.840. The van der Waals surface area contributed by atoms with E-state index < -0.39 is 0 Å². The minimum Gasteiger partial charge on any atom is -0.292 e. The van der Waals surface area contributed by atoms with Gasteiger partial charge in [0.25, 0.3) is 0 Å². The highest BCUT2D eigenvalue weighted by Crippen LogP contribution is 2.37. The first-order valence-corrected chi connectivity index (χ1v) is 13.0. The molecule has 0 unspecified atom stereocenters. The van der Waals surface area contributed by atoms with E-state index in [4.69, 9.17) is 15.0 Å². The van der Waals surface area contributed by atoms with Gasteiger partial charge in [-0.15, -0.1) is 0 Å². The van der Waals surface area contributed by atoms with Crippen LogP contribution >= 0.6 is 0 Å². The maximum absolute atomic E-state index is 5.10. The molecular formula is C35H22N4. The SMILES string of the molecule is c1ccc(-n2c(-c3ccc(-c4nc5ccccc5c5c4ccc4ccccc45)nc3)nc3ccccc32)cc1. The molecule has 4 heteroatoms. The number of hydrogen-bond acceptors (Lipinski definition) is 3. The Labute approximate surface area is 224 Å². The van der Waals surface area contributed by atoms with Gasteiger partial charge in [0.1, 0.15) is 5.82 Å². The van der Waals surface area contributed by atoms with Crippen LogP contribution in [-0.4, -0.2) is 19.5 Å². The zero-order valence-electron chi connectivity index (χ0n) is 21.0. The fourth-order valence-electron chi connectivity index (χ4n) is 5.64. The lowest BCUT2D eigenvalue weighted by Gasteiger charge is -2.13. The van der Waals surface area contributed by atoms with E-state index in [1.165, 1.54) is 16.2 Å². The molecule has 0 N–H and O–H groups in total. The van der Waals surface area contributed by atoms with Crippen LogP contribution in [-0.2, 0) is 0 Å². The van der Waals surface area contributed by atoms with Crippen molar-refractivity contribution in [3.05, 3.63) is 134 Å². The van der Waals surface area contributed by atoms with E-state index in [0.717, 1.165) is 55.8 Å². The Morgan fingerprint density at radius 2 is 1.26 bits per heavy atom. The Morgan fingerprint density at radius 3 is 2.10 bits per heavy atom. The number of imidazole rings is 1. The maximum Gasteiger partial charge on any atom is 0.147 e. The molecule has 0 atom stereocenters.